The first-order valence-electron chi connectivity index (χ1n) is 21.0. The molecule has 1 N–H and O–H groups in total. The van der Waals surface area contributed by atoms with E-state index in [1.165, 1.54) is 6.42 Å². The van der Waals surface area contributed by atoms with Crippen molar-refractivity contribution in [3.8, 4) is 17.4 Å². The second-order valence-electron chi connectivity index (χ2n) is 18.0. The Morgan fingerprint density at radius 3 is 2.54 bits per heavy atom. The van der Waals surface area contributed by atoms with Crippen LogP contribution >= 0.6 is 0 Å². The molecule has 1 saturated heterocycles. The van der Waals surface area contributed by atoms with Gasteiger partial charge in [0.05, 0.1) is 35.6 Å². The normalized spacial score (nSPS) is 35.5. The number of nitrogens with zero attached hydrogens (tertiary/aromatic N) is 2. The molecule has 4 heterocycles. The summed E-state index contributed by atoms with van der Waals surface area (Å²) in [6, 6.07) is 4.53. The summed E-state index contributed by atoms with van der Waals surface area (Å²) in [5.74, 6) is 0.113. The van der Waals surface area contributed by atoms with Crippen molar-refractivity contribution < 1.29 is 46.5 Å². The summed E-state index contributed by atoms with van der Waals surface area (Å²) < 4.78 is 52.5. The number of esters is 1. The smallest absolute Gasteiger partial charge is 0.306 e. The van der Waals surface area contributed by atoms with Gasteiger partial charge in [-0.1, -0.05) is 26.0 Å². The van der Waals surface area contributed by atoms with Gasteiger partial charge in [0.15, 0.2) is 17.3 Å². The number of allylic oxidation sites excluding steroid dienone is 2. The van der Waals surface area contributed by atoms with Crippen molar-refractivity contribution >= 4 is 44.4 Å². The topological polar surface area (TPSA) is 168 Å². The highest BCUT2D eigenvalue weighted by molar-refractivity contribution is 7.90. The highest BCUT2D eigenvalue weighted by atomic mass is 32.2. The van der Waals surface area contributed by atoms with Crippen molar-refractivity contribution in [3.63, 3.8) is 0 Å². The van der Waals surface area contributed by atoms with E-state index in [4.69, 9.17) is 18.9 Å². The maximum absolute atomic E-state index is 15.0. The van der Waals surface area contributed by atoms with Gasteiger partial charge in [0, 0.05) is 29.8 Å². The number of hydrogen-bond acceptors (Lipinski definition) is 11. The van der Waals surface area contributed by atoms with Gasteiger partial charge >= 0.3 is 5.97 Å². The predicted molar refractivity (Wildman–Crippen MR) is 208 cm³/mol. The Bertz CT molecular complexity index is 2090. The number of carbonyl (C=O) groups is 4. The number of hydrogen-bond donors (Lipinski definition) is 1. The molecular weight excluding hydrogens is 751 g/mol. The molecule has 306 valence electrons. The predicted octanol–water partition coefficient (Wildman–Crippen LogP) is 5.29. The number of fused-ring (bicyclic) bond motifs is 6. The van der Waals surface area contributed by atoms with E-state index < -0.39 is 50.6 Å². The summed E-state index contributed by atoms with van der Waals surface area (Å²) >= 11 is 0. The van der Waals surface area contributed by atoms with Gasteiger partial charge in [-0.05, 0) is 106 Å². The first-order valence-corrected chi connectivity index (χ1v) is 22.5. The number of aromatic nitrogens is 1. The van der Waals surface area contributed by atoms with E-state index in [1.807, 2.05) is 37.3 Å². The van der Waals surface area contributed by atoms with Gasteiger partial charge < -0.3 is 23.8 Å². The third-order valence-corrected chi connectivity index (χ3v) is 15.6. The van der Waals surface area contributed by atoms with Crippen molar-refractivity contribution in [1.29, 1.82) is 0 Å². The maximum atomic E-state index is 15.0. The Balaban J connectivity index is 1.02. The molecule has 5 fully saturated rings. The van der Waals surface area contributed by atoms with Crippen molar-refractivity contribution in [2.45, 2.75) is 114 Å². The van der Waals surface area contributed by atoms with Crippen LogP contribution in [0.25, 0.3) is 10.8 Å². The van der Waals surface area contributed by atoms with E-state index in [0.717, 1.165) is 31.1 Å². The largest absolute Gasteiger partial charge is 0.486 e. The molecule has 4 saturated carbocycles. The minimum atomic E-state index is -3.85. The summed E-state index contributed by atoms with van der Waals surface area (Å²) in [5.41, 5.74) is -1.24. The molecule has 13 nitrogen and oxygen atoms in total. The molecule has 1 aromatic heterocycles. The number of amides is 2. The van der Waals surface area contributed by atoms with Gasteiger partial charge in [-0.15, -0.1) is 0 Å². The summed E-state index contributed by atoms with van der Waals surface area (Å²) in [6.45, 7) is 5.07. The Kier molecular flexibility index (Phi) is 10.0. The Hall–Kier alpha value is -4.20. The standard InChI is InChI=1S/C43H53N3O10S/c1-24-5-3-4-6-28-21-43(28,42(50)45-57(51,52)31-7-8-31)22-36(47)35-19-30(56-40-33-9-10-37-39(54-14-13-53-37)32(33)11-12-44-40)23-46(35)41(49)34(25(2)15-24)20-38(48)55-29-17-26-16-27(26)18-29/h4,6,9-12,24-31,34-35H,3,5,7-8,13-23H2,1-2H3,(H,45,50)/b6-4-/t24-,25-,26-,27+,28-,29?,30-,34+,35+,43-/m1/s1. The highest BCUT2D eigenvalue weighted by Crippen LogP contribution is 2.57. The molecule has 2 amide bonds. The SMILES string of the molecule is C[C@@H]1CC/C=C\[C@@H]2C[C@@]2(C(=O)NS(=O)(=O)C2CC2)CC(=O)[C@@H]2C[C@@H](Oc3nccc4c5c(ccc34)OCCO5)CN2C(=O)[C@@H](CC(=O)OC2C[C@@H]3C[C@@H]3C2)[C@H](C)C1. The van der Waals surface area contributed by atoms with Crippen LogP contribution in [0.15, 0.2) is 36.5 Å². The average Bonchev–Trinajstić information content (AvgIpc) is 4.14. The zero-order valence-corrected chi connectivity index (χ0v) is 33.5. The van der Waals surface area contributed by atoms with Gasteiger partial charge in [-0.3, -0.25) is 23.9 Å². The van der Waals surface area contributed by atoms with Crippen LogP contribution < -0.4 is 18.9 Å². The molecule has 9 rings (SSSR count). The molecule has 0 spiro atoms. The molecule has 2 aromatic rings. The van der Waals surface area contributed by atoms with E-state index >= 15 is 0 Å². The van der Waals surface area contributed by atoms with Crippen LogP contribution in [0.5, 0.6) is 17.4 Å². The lowest BCUT2D eigenvalue weighted by molar-refractivity contribution is -0.155. The van der Waals surface area contributed by atoms with Gasteiger partial charge in [0.1, 0.15) is 25.4 Å². The number of sulfonamides is 1. The molecule has 0 bridgehead atoms. The van der Waals surface area contributed by atoms with Crippen LogP contribution in [0.1, 0.15) is 90.9 Å². The van der Waals surface area contributed by atoms with Gasteiger partial charge in [0.25, 0.3) is 0 Å². The Morgan fingerprint density at radius 1 is 0.965 bits per heavy atom. The van der Waals surface area contributed by atoms with E-state index in [-0.39, 0.29) is 61.4 Å². The number of Topliss-reactive ketones (excluding diaryl/α,β-unsaturated/α-hetero) is 1. The fourth-order valence-electron chi connectivity index (χ4n) is 10.1. The van der Waals surface area contributed by atoms with Crippen molar-refractivity contribution in [2.75, 3.05) is 19.8 Å². The van der Waals surface area contributed by atoms with Crippen LogP contribution in [0.3, 0.4) is 0 Å². The third-order valence-electron chi connectivity index (χ3n) is 13.7. The van der Waals surface area contributed by atoms with Gasteiger partial charge in [-0.25, -0.2) is 13.4 Å². The lowest BCUT2D eigenvalue weighted by atomic mass is 9.82. The van der Waals surface area contributed by atoms with Gasteiger partial charge in [-0.2, -0.15) is 0 Å². The fraction of sp³-hybridized carbons (Fsp3) is 0.651. The summed E-state index contributed by atoms with van der Waals surface area (Å²) in [4.78, 5) is 63.3. The van der Waals surface area contributed by atoms with Crippen LogP contribution in [-0.2, 0) is 33.9 Å². The molecule has 7 aliphatic rings. The monoisotopic (exact) mass is 803 g/mol. The number of pyridine rings is 1. The van der Waals surface area contributed by atoms with Gasteiger partial charge in [0.2, 0.25) is 27.7 Å². The van der Waals surface area contributed by atoms with E-state index in [0.29, 0.717) is 73.5 Å². The maximum Gasteiger partial charge on any atom is 0.306 e. The van der Waals surface area contributed by atoms with Crippen molar-refractivity contribution in [2.24, 2.45) is 40.9 Å². The summed E-state index contributed by atoms with van der Waals surface area (Å²) in [6.07, 6.45) is 11.2. The number of rotatable bonds is 8. The zero-order chi connectivity index (χ0) is 39.6. The minimum absolute atomic E-state index is 0.0657. The van der Waals surface area contributed by atoms with Crippen molar-refractivity contribution in [1.82, 2.24) is 14.6 Å². The summed E-state index contributed by atoms with van der Waals surface area (Å²) in [7, 11) is -3.85. The quantitative estimate of drug-likeness (QED) is 0.272. The molecule has 14 heteroatoms. The molecule has 1 unspecified atom stereocenters. The zero-order valence-electron chi connectivity index (χ0n) is 32.7. The molecule has 0 radical (unpaired) electrons. The fourth-order valence-corrected chi connectivity index (χ4v) is 11.5. The molecular formula is C43H53N3O10S. The number of nitrogens with one attached hydrogen (secondary N) is 1. The molecule has 10 atom stereocenters. The molecule has 57 heavy (non-hydrogen) atoms. The Morgan fingerprint density at radius 2 is 1.75 bits per heavy atom. The van der Waals surface area contributed by atoms with E-state index in [9.17, 15) is 27.6 Å². The lowest BCUT2D eigenvalue weighted by Gasteiger charge is -2.32. The number of ether oxygens (including phenoxy) is 4. The number of ketones is 1. The van der Waals surface area contributed by atoms with Crippen LogP contribution in [0.2, 0.25) is 0 Å². The highest BCUT2D eigenvalue weighted by Gasteiger charge is 2.62. The van der Waals surface area contributed by atoms with E-state index in [1.54, 1.807) is 11.1 Å². The minimum Gasteiger partial charge on any atom is -0.486 e. The first kappa shape index (κ1) is 38.3. The first-order chi connectivity index (χ1) is 27.4. The third kappa shape index (κ3) is 7.74. The number of benzene rings is 1. The number of carbonyl (C=O) groups excluding carboxylic acids is 4. The van der Waals surface area contributed by atoms with E-state index in [2.05, 4.69) is 16.6 Å². The summed E-state index contributed by atoms with van der Waals surface area (Å²) in [5, 5.41) is 0.861. The lowest BCUT2D eigenvalue weighted by Crippen LogP contribution is -2.47. The molecule has 4 aliphatic carbocycles. The second-order valence-corrected chi connectivity index (χ2v) is 20.0. The molecule has 1 aromatic carbocycles. The Labute approximate surface area is 333 Å². The second kappa shape index (κ2) is 14.9. The van der Waals surface area contributed by atoms with Crippen LogP contribution in [0.4, 0.5) is 0 Å². The van der Waals surface area contributed by atoms with Crippen molar-refractivity contribution in [3.05, 3.63) is 36.5 Å². The van der Waals surface area contributed by atoms with Crippen LogP contribution in [-0.4, -0.2) is 85.1 Å². The average molecular weight is 804 g/mol. The molecule has 3 aliphatic heterocycles. The van der Waals surface area contributed by atoms with Crippen LogP contribution in [0, 0.1) is 40.9 Å².